The van der Waals surface area contributed by atoms with E-state index in [0.29, 0.717) is 11.1 Å². The third kappa shape index (κ3) is 4.21. The highest BCUT2D eigenvalue weighted by atomic mass is 32.2. The highest BCUT2D eigenvalue weighted by molar-refractivity contribution is 7.89. The van der Waals surface area contributed by atoms with Gasteiger partial charge in [0, 0.05) is 37.8 Å². The Labute approximate surface area is 180 Å². The molecule has 1 aliphatic rings. The van der Waals surface area contributed by atoms with Crippen LogP contribution in [-0.4, -0.2) is 47.3 Å². The molecule has 2 aromatic carbocycles. The van der Waals surface area contributed by atoms with Crippen LogP contribution in [0.3, 0.4) is 0 Å². The Bertz CT molecular complexity index is 1250. The van der Waals surface area contributed by atoms with Crippen LogP contribution in [0.15, 0.2) is 72.1 Å². The zero-order valence-corrected chi connectivity index (χ0v) is 17.7. The Hall–Kier alpha value is -3.48. The predicted octanol–water partition coefficient (Wildman–Crippen LogP) is 1.88. The lowest BCUT2D eigenvalue weighted by Gasteiger charge is -2.20. The minimum atomic E-state index is -3.80. The summed E-state index contributed by atoms with van der Waals surface area (Å²) >= 11 is 0. The number of aromatic nitrogens is 2. The Kier molecular flexibility index (Phi) is 5.59. The average molecular weight is 436 g/mol. The van der Waals surface area contributed by atoms with Gasteiger partial charge in [-0.25, -0.2) is 13.4 Å². The van der Waals surface area contributed by atoms with E-state index in [9.17, 15) is 13.2 Å². The van der Waals surface area contributed by atoms with Crippen molar-refractivity contribution in [2.75, 3.05) is 13.1 Å². The molecule has 1 amide bonds. The minimum absolute atomic E-state index is 0.0180. The molecule has 1 aliphatic heterocycles. The van der Waals surface area contributed by atoms with Gasteiger partial charge in [-0.2, -0.15) is 9.57 Å². The van der Waals surface area contributed by atoms with Crippen LogP contribution in [0.5, 0.6) is 0 Å². The molecule has 0 bridgehead atoms. The fourth-order valence-corrected chi connectivity index (χ4v) is 5.24. The van der Waals surface area contributed by atoms with E-state index >= 15 is 0 Å². The zero-order valence-electron chi connectivity index (χ0n) is 16.8. The van der Waals surface area contributed by atoms with Gasteiger partial charge in [0.05, 0.1) is 24.0 Å². The first kappa shape index (κ1) is 20.8. The first-order valence-electron chi connectivity index (χ1n) is 9.72. The molecule has 4 rings (SSSR count). The number of nitriles is 1. The van der Waals surface area contributed by atoms with Crippen LogP contribution in [0.4, 0.5) is 0 Å². The molecular formula is C22H21N5O3S. The molecule has 158 valence electrons. The van der Waals surface area contributed by atoms with E-state index in [0.717, 1.165) is 5.56 Å². The fraction of sp³-hybridized carbons (Fsp3) is 0.227. The van der Waals surface area contributed by atoms with E-state index in [4.69, 9.17) is 5.26 Å². The van der Waals surface area contributed by atoms with Crippen molar-refractivity contribution in [3.63, 3.8) is 0 Å². The molecule has 0 aliphatic carbocycles. The van der Waals surface area contributed by atoms with Gasteiger partial charge in [-0.1, -0.05) is 36.4 Å². The van der Waals surface area contributed by atoms with E-state index < -0.39 is 16.1 Å². The molecule has 9 heteroatoms. The molecule has 8 nitrogen and oxygen atoms in total. The topological polar surface area (TPSA) is 108 Å². The number of aryl methyl sites for hydroxylation is 1. The Morgan fingerprint density at radius 1 is 1.16 bits per heavy atom. The number of nitrogens with one attached hydrogen (secondary N) is 1. The molecule has 1 saturated heterocycles. The Morgan fingerprint density at radius 3 is 2.61 bits per heavy atom. The van der Waals surface area contributed by atoms with Crippen molar-refractivity contribution in [1.82, 2.24) is 19.2 Å². The van der Waals surface area contributed by atoms with Crippen LogP contribution in [0, 0.1) is 11.3 Å². The Balaban J connectivity index is 1.62. The summed E-state index contributed by atoms with van der Waals surface area (Å²) in [7, 11) is -2.09. The van der Waals surface area contributed by atoms with Crippen LogP contribution >= 0.6 is 0 Å². The van der Waals surface area contributed by atoms with Crippen molar-refractivity contribution in [1.29, 1.82) is 5.26 Å². The SMILES string of the molecule is Cn1cnc(S(=O)(=O)N2CC(NC(=O)c3cccc(C#N)c3)C(c3ccccc3)C2)c1. The van der Waals surface area contributed by atoms with Crippen molar-refractivity contribution < 1.29 is 13.2 Å². The highest BCUT2D eigenvalue weighted by Gasteiger charge is 2.41. The molecule has 1 aromatic heterocycles. The number of sulfonamides is 1. The molecule has 0 saturated carbocycles. The van der Waals surface area contributed by atoms with Crippen LogP contribution < -0.4 is 5.32 Å². The first-order valence-corrected chi connectivity index (χ1v) is 11.2. The highest BCUT2D eigenvalue weighted by Crippen LogP contribution is 2.31. The molecule has 2 unspecified atom stereocenters. The molecule has 31 heavy (non-hydrogen) atoms. The molecular weight excluding hydrogens is 414 g/mol. The second-order valence-electron chi connectivity index (χ2n) is 7.49. The molecule has 2 heterocycles. The monoisotopic (exact) mass is 435 g/mol. The van der Waals surface area contributed by atoms with Crippen molar-refractivity contribution in [3.05, 3.63) is 83.8 Å². The third-order valence-electron chi connectivity index (χ3n) is 5.37. The lowest BCUT2D eigenvalue weighted by molar-refractivity contribution is 0.0936. The summed E-state index contributed by atoms with van der Waals surface area (Å²) < 4.78 is 29.2. The normalized spacial score (nSPS) is 19.1. The number of amides is 1. The quantitative estimate of drug-likeness (QED) is 0.658. The summed E-state index contributed by atoms with van der Waals surface area (Å²) in [6.07, 6.45) is 2.91. The number of hydrogen-bond donors (Lipinski definition) is 1. The summed E-state index contributed by atoms with van der Waals surface area (Å²) in [6.45, 7) is 0.355. The van der Waals surface area contributed by atoms with E-state index in [1.807, 2.05) is 36.4 Å². The molecule has 0 radical (unpaired) electrons. The average Bonchev–Trinajstić information content (AvgIpc) is 3.41. The summed E-state index contributed by atoms with van der Waals surface area (Å²) in [5.74, 6) is -0.567. The second-order valence-corrected chi connectivity index (χ2v) is 9.37. The van der Waals surface area contributed by atoms with Gasteiger partial charge in [0.2, 0.25) is 0 Å². The number of carbonyl (C=O) groups excluding carboxylic acids is 1. The van der Waals surface area contributed by atoms with Gasteiger partial charge in [-0.3, -0.25) is 4.79 Å². The molecule has 0 spiro atoms. The molecule has 2 atom stereocenters. The molecule has 1 N–H and O–H groups in total. The molecule has 3 aromatic rings. The number of carbonyl (C=O) groups is 1. The van der Waals surface area contributed by atoms with E-state index in [2.05, 4.69) is 10.3 Å². The van der Waals surface area contributed by atoms with Crippen LogP contribution in [0.2, 0.25) is 0 Å². The zero-order chi connectivity index (χ0) is 22.0. The maximum absolute atomic E-state index is 13.1. The van der Waals surface area contributed by atoms with Crippen molar-refractivity contribution in [2.24, 2.45) is 7.05 Å². The van der Waals surface area contributed by atoms with Crippen LogP contribution in [-0.2, 0) is 17.1 Å². The lowest BCUT2D eigenvalue weighted by Crippen LogP contribution is -2.40. The minimum Gasteiger partial charge on any atom is -0.347 e. The lowest BCUT2D eigenvalue weighted by atomic mass is 9.94. The third-order valence-corrected chi connectivity index (χ3v) is 7.09. The predicted molar refractivity (Wildman–Crippen MR) is 114 cm³/mol. The van der Waals surface area contributed by atoms with Crippen molar-refractivity contribution >= 4 is 15.9 Å². The maximum Gasteiger partial charge on any atom is 0.262 e. The largest absolute Gasteiger partial charge is 0.347 e. The van der Waals surface area contributed by atoms with Crippen molar-refractivity contribution in [2.45, 2.75) is 17.0 Å². The number of hydrogen-bond acceptors (Lipinski definition) is 5. The summed E-state index contributed by atoms with van der Waals surface area (Å²) in [6, 6.07) is 17.5. The van der Waals surface area contributed by atoms with Crippen molar-refractivity contribution in [3.8, 4) is 6.07 Å². The standard InChI is InChI=1S/C22H21N5O3S/c1-26-14-21(24-15-26)31(29,30)27-12-19(17-7-3-2-4-8-17)20(13-27)25-22(28)18-9-5-6-16(10-18)11-23/h2-10,14-15,19-20H,12-13H2,1H3,(H,25,28). The molecule has 1 fully saturated rings. The number of nitrogens with zero attached hydrogens (tertiary/aromatic N) is 4. The number of benzene rings is 2. The number of rotatable bonds is 5. The van der Waals surface area contributed by atoms with Crippen LogP contribution in [0.25, 0.3) is 0 Å². The van der Waals surface area contributed by atoms with Gasteiger partial charge in [0.1, 0.15) is 0 Å². The van der Waals surface area contributed by atoms with Gasteiger partial charge in [0.25, 0.3) is 15.9 Å². The fourth-order valence-electron chi connectivity index (χ4n) is 3.78. The summed E-state index contributed by atoms with van der Waals surface area (Å²) in [4.78, 5) is 16.9. The summed E-state index contributed by atoms with van der Waals surface area (Å²) in [5, 5.41) is 12.0. The van der Waals surface area contributed by atoms with Gasteiger partial charge in [-0.05, 0) is 23.8 Å². The second kappa shape index (κ2) is 8.34. The van der Waals surface area contributed by atoms with Gasteiger partial charge in [-0.15, -0.1) is 0 Å². The van der Waals surface area contributed by atoms with E-state index in [1.165, 1.54) is 22.9 Å². The van der Waals surface area contributed by atoms with Gasteiger partial charge >= 0.3 is 0 Å². The smallest absolute Gasteiger partial charge is 0.262 e. The number of imidazole rings is 1. The Morgan fingerprint density at radius 2 is 1.94 bits per heavy atom. The van der Waals surface area contributed by atoms with Crippen LogP contribution in [0.1, 0.15) is 27.4 Å². The van der Waals surface area contributed by atoms with E-state index in [-0.39, 0.29) is 29.9 Å². The van der Waals surface area contributed by atoms with E-state index in [1.54, 1.807) is 29.8 Å². The van der Waals surface area contributed by atoms with Gasteiger partial charge in [0.15, 0.2) is 5.03 Å². The maximum atomic E-state index is 13.1. The van der Waals surface area contributed by atoms with Gasteiger partial charge < -0.3 is 9.88 Å². The summed E-state index contributed by atoms with van der Waals surface area (Å²) in [5.41, 5.74) is 1.69. The first-order chi connectivity index (χ1) is 14.9.